The topological polar surface area (TPSA) is 80.5 Å². The fraction of sp³-hybridized carbons (Fsp3) is 0.417. The Morgan fingerprint density at radius 2 is 1.94 bits per heavy atom. The van der Waals surface area contributed by atoms with Gasteiger partial charge >= 0.3 is 0 Å². The van der Waals surface area contributed by atoms with Crippen LogP contribution in [0.3, 0.4) is 0 Å². The maximum Gasteiger partial charge on any atom is 0.224 e. The minimum atomic E-state index is -3.65. The number of benzene rings is 1. The summed E-state index contributed by atoms with van der Waals surface area (Å²) in [7, 11) is -3.65. The van der Waals surface area contributed by atoms with Crippen molar-refractivity contribution >= 4 is 15.9 Å². The zero-order valence-corrected chi connectivity index (χ0v) is 10.9. The summed E-state index contributed by atoms with van der Waals surface area (Å²) >= 11 is 0. The van der Waals surface area contributed by atoms with Crippen molar-refractivity contribution in [2.75, 3.05) is 6.54 Å². The highest BCUT2D eigenvalue weighted by molar-refractivity contribution is 7.89. The summed E-state index contributed by atoms with van der Waals surface area (Å²) in [6.45, 7) is 2.06. The molecular formula is C12H16N2O3S. The van der Waals surface area contributed by atoms with Gasteiger partial charge in [0.15, 0.2) is 0 Å². The number of rotatable bonds is 3. The number of amides is 1. The van der Waals surface area contributed by atoms with E-state index in [1.807, 2.05) is 37.3 Å². The number of carbonyl (C=O) groups excluding carboxylic acids is 1. The fourth-order valence-electron chi connectivity index (χ4n) is 2.20. The first-order valence-electron chi connectivity index (χ1n) is 5.75. The number of primary sulfonamides is 1. The van der Waals surface area contributed by atoms with Crippen LogP contribution in [0, 0.1) is 0 Å². The molecule has 1 amide bonds. The minimum absolute atomic E-state index is 0.0179. The highest BCUT2D eigenvalue weighted by atomic mass is 32.2. The molecule has 1 heterocycles. The molecule has 2 unspecified atom stereocenters. The Bertz CT molecular complexity index is 542. The molecule has 0 spiro atoms. The molecule has 0 bridgehead atoms. The van der Waals surface area contributed by atoms with E-state index in [0.29, 0.717) is 0 Å². The third-order valence-electron chi connectivity index (χ3n) is 3.34. The molecule has 6 heteroatoms. The van der Waals surface area contributed by atoms with Gasteiger partial charge in [-0.2, -0.15) is 0 Å². The molecule has 2 atom stereocenters. The summed E-state index contributed by atoms with van der Waals surface area (Å²) in [4.78, 5) is 13.4. The van der Waals surface area contributed by atoms with Gasteiger partial charge in [-0.25, -0.2) is 13.6 Å². The Hall–Kier alpha value is -1.40. The van der Waals surface area contributed by atoms with E-state index >= 15 is 0 Å². The maximum absolute atomic E-state index is 11.9. The van der Waals surface area contributed by atoms with E-state index in [9.17, 15) is 13.2 Å². The van der Waals surface area contributed by atoms with Crippen LogP contribution in [0.4, 0.5) is 0 Å². The molecule has 1 aliphatic rings. The third-order valence-corrected chi connectivity index (χ3v) is 4.58. The summed E-state index contributed by atoms with van der Waals surface area (Å²) in [6, 6.07) is 9.39. The van der Waals surface area contributed by atoms with Gasteiger partial charge in [-0.1, -0.05) is 30.3 Å². The van der Waals surface area contributed by atoms with Crippen molar-refractivity contribution in [2.45, 2.75) is 24.6 Å². The third kappa shape index (κ3) is 2.54. The van der Waals surface area contributed by atoms with Gasteiger partial charge < -0.3 is 4.90 Å². The van der Waals surface area contributed by atoms with E-state index in [-0.39, 0.29) is 24.9 Å². The molecule has 1 fully saturated rings. The van der Waals surface area contributed by atoms with Gasteiger partial charge in [0.2, 0.25) is 15.9 Å². The summed E-state index contributed by atoms with van der Waals surface area (Å²) in [5.41, 5.74) is 0.987. The Kier molecular flexibility index (Phi) is 3.41. The molecule has 0 radical (unpaired) electrons. The molecular weight excluding hydrogens is 252 g/mol. The van der Waals surface area contributed by atoms with Crippen molar-refractivity contribution in [3.63, 3.8) is 0 Å². The number of nitrogens with two attached hydrogens (primary N) is 1. The van der Waals surface area contributed by atoms with Crippen LogP contribution in [0.15, 0.2) is 30.3 Å². The van der Waals surface area contributed by atoms with Crippen molar-refractivity contribution in [1.82, 2.24) is 4.90 Å². The van der Waals surface area contributed by atoms with Crippen LogP contribution in [0.25, 0.3) is 0 Å². The monoisotopic (exact) mass is 268 g/mol. The van der Waals surface area contributed by atoms with Crippen LogP contribution in [0.1, 0.15) is 24.9 Å². The lowest BCUT2D eigenvalue weighted by molar-refractivity contribution is -0.129. The average Bonchev–Trinajstić information content (AvgIpc) is 2.71. The first kappa shape index (κ1) is 13.0. The molecule has 5 nitrogen and oxygen atoms in total. The molecule has 1 saturated heterocycles. The second-order valence-corrected chi connectivity index (χ2v) is 6.39. The van der Waals surface area contributed by atoms with Crippen molar-refractivity contribution in [3.8, 4) is 0 Å². The standard InChI is InChI=1S/C12H16N2O3S/c1-9(10-5-3-2-4-6-10)14-8-11(7-12(14)15)18(13,16)17/h2-6,9,11H,7-8H2,1H3,(H2,13,16,17). The van der Waals surface area contributed by atoms with Gasteiger partial charge in [-0.15, -0.1) is 0 Å². The second kappa shape index (κ2) is 4.70. The molecule has 0 aliphatic carbocycles. The summed E-state index contributed by atoms with van der Waals surface area (Å²) in [6.07, 6.45) is -0.0179. The van der Waals surface area contributed by atoms with E-state index in [1.165, 1.54) is 0 Å². The molecule has 1 aromatic rings. The molecule has 0 aromatic heterocycles. The lowest BCUT2D eigenvalue weighted by Crippen LogP contribution is -2.33. The van der Waals surface area contributed by atoms with Crippen LogP contribution in [-0.4, -0.2) is 31.0 Å². The Balaban J connectivity index is 2.18. The van der Waals surface area contributed by atoms with Gasteiger partial charge in [0.1, 0.15) is 5.25 Å². The van der Waals surface area contributed by atoms with Crippen molar-refractivity contribution in [1.29, 1.82) is 0 Å². The van der Waals surface area contributed by atoms with Crippen LogP contribution in [0.5, 0.6) is 0 Å². The van der Waals surface area contributed by atoms with Crippen LogP contribution in [0.2, 0.25) is 0 Å². The highest BCUT2D eigenvalue weighted by Crippen LogP contribution is 2.27. The smallest absolute Gasteiger partial charge is 0.224 e. The van der Waals surface area contributed by atoms with Crippen LogP contribution in [-0.2, 0) is 14.8 Å². The Labute approximate surface area is 107 Å². The van der Waals surface area contributed by atoms with Crippen molar-refractivity contribution < 1.29 is 13.2 Å². The summed E-state index contributed by atoms with van der Waals surface area (Å²) in [5, 5.41) is 4.32. The number of sulfonamides is 1. The zero-order chi connectivity index (χ0) is 13.3. The molecule has 1 aliphatic heterocycles. The quantitative estimate of drug-likeness (QED) is 0.873. The minimum Gasteiger partial charge on any atom is -0.335 e. The first-order chi connectivity index (χ1) is 8.39. The van der Waals surface area contributed by atoms with Crippen LogP contribution < -0.4 is 5.14 Å². The number of carbonyl (C=O) groups is 1. The zero-order valence-electron chi connectivity index (χ0n) is 10.1. The lowest BCUT2D eigenvalue weighted by atomic mass is 10.1. The molecule has 18 heavy (non-hydrogen) atoms. The van der Waals surface area contributed by atoms with E-state index in [4.69, 9.17) is 5.14 Å². The predicted molar refractivity (Wildman–Crippen MR) is 68.1 cm³/mol. The molecule has 1 aromatic carbocycles. The predicted octanol–water partition coefficient (Wildman–Crippen LogP) is 0.637. The number of hydrogen-bond donors (Lipinski definition) is 1. The van der Waals surface area contributed by atoms with Crippen LogP contribution >= 0.6 is 0 Å². The van der Waals surface area contributed by atoms with Gasteiger partial charge in [-0.3, -0.25) is 4.79 Å². The van der Waals surface area contributed by atoms with Gasteiger partial charge in [0, 0.05) is 13.0 Å². The molecule has 98 valence electrons. The number of nitrogens with zero attached hydrogens (tertiary/aromatic N) is 1. The molecule has 0 saturated carbocycles. The van der Waals surface area contributed by atoms with E-state index in [1.54, 1.807) is 4.90 Å². The average molecular weight is 268 g/mol. The van der Waals surface area contributed by atoms with E-state index in [2.05, 4.69) is 0 Å². The Morgan fingerprint density at radius 3 is 2.44 bits per heavy atom. The lowest BCUT2D eigenvalue weighted by Gasteiger charge is -2.24. The summed E-state index contributed by atoms with van der Waals surface area (Å²) in [5.74, 6) is -0.162. The van der Waals surface area contributed by atoms with E-state index in [0.717, 1.165) is 5.56 Å². The normalized spacial score (nSPS) is 22.2. The second-order valence-electron chi connectivity index (χ2n) is 4.55. The van der Waals surface area contributed by atoms with Crippen molar-refractivity contribution in [3.05, 3.63) is 35.9 Å². The largest absolute Gasteiger partial charge is 0.335 e. The molecule has 2 rings (SSSR count). The summed E-state index contributed by atoms with van der Waals surface area (Å²) < 4.78 is 22.6. The van der Waals surface area contributed by atoms with Gasteiger partial charge in [0.05, 0.1) is 6.04 Å². The van der Waals surface area contributed by atoms with E-state index < -0.39 is 15.3 Å². The number of hydrogen-bond acceptors (Lipinski definition) is 3. The van der Waals surface area contributed by atoms with Crippen molar-refractivity contribution in [2.24, 2.45) is 5.14 Å². The maximum atomic E-state index is 11.9. The number of likely N-dealkylation sites (tertiary alicyclic amines) is 1. The Morgan fingerprint density at radius 1 is 1.33 bits per heavy atom. The SMILES string of the molecule is CC(c1ccccc1)N1CC(S(N)(=O)=O)CC1=O. The highest BCUT2D eigenvalue weighted by Gasteiger charge is 2.38. The fourth-order valence-corrected chi connectivity index (χ4v) is 2.95. The van der Waals surface area contributed by atoms with Gasteiger partial charge in [-0.05, 0) is 12.5 Å². The first-order valence-corrected chi connectivity index (χ1v) is 7.36. The molecule has 2 N–H and O–H groups in total. The van der Waals surface area contributed by atoms with Gasteiger partial charge in [0.25, 0.3) is 0 Å².